The Balaban J connectivity index is 1.77. The molecule has 1 atom stereocenters. The summed E-state index contributed by atoms with van der Waals surface area (Å²) >= 11 is 0. The molecule has 0 saturated carbocycles. The SMILES string of the molecule is CC1Cc2ccccc2N1C(=O)c1ccc2ccccc2n1. The molecule has 3 aromatic rings. The zero-order valence-corrected chi connectivity index (χ0v) is 12.4. The van der Waals surface area contributed by atoms with Gasteiger partial charge in [-0.1, -0.05) is 42.5 Å². The van der Waals surface area contributed by atoms with Crippen LogP contribution in [0.2, 0.25) is 0 Å². The number of amides is 1. The number of nitrogens with zero attached hydrogens (tertiary/aromatic N) is 2. The van der Waals surface area contributed by atoms with E-state index in [1.165, 1.54) is 5.56 Å². The summed E-state index contributed by atoms with van der Waals surface area (Å²) in [7, 11) is 0. The highest BCUT2D eigenvalue weighted by atomic mass is 16.2. The highest BCUT2D eigenvalue weighted by Crippen LogP contribution is 2.32. The zero-order chi connectivity index (χ0) is 15.1. The predicted octanol–water partition coefficient (Wildman–Crippen LogP) is 3.83. The van der Waals surface area contributed by atoms with Gasteiger partial charge in [-0.3, -0.25) is 4.79 Å². The van der Waals surface area contributed by atoms with Crippen LogP contribution in [0.25, 0.3) is 10.9 Å². The molecule has 0 fully saturated rings. The largest absolute Gasteiger partial charge is 0.304 e. The van der Waals surface area contributed by atoms with Crippen molar-refractivity contribution in [2.24, 2.45) is 0 Å². The van der Waals surface area contributed by atoms with Gasteiger partial charge in [0.25, 0.3) is 5.91 Å². The third kappa shape index (κ3) is 1.98. The maximum Gasteiger partial charge on any atom is 0.277 e. The van der Waals surface area contributed by atoms with E-state index in [1.807, 2.05) is 59.5 Å². The third-order valence-electron chi connectivity index (χ3n) is 4.24. The van der Waals surface area contributed by atoms with E-state index in [0.29, 0.717) is 5.69 Å². The molecule has 0 spiro atoms. The quantitative estimate of drug-likeness (QED) is 0.682. The van der Waals surface area contributed by atoms with Gasteiger partial charge in [0.2, 0.25) is 0 Å². The van der Waals surface area contributed by atoms with Crippen LogP contribution in [0.1, 0.15) is 23.0 Å². The Morgan fingerprint density at radius 2 is 1.82 bits per heavy atom. The van der Waals surface area contributed by atoms with Gasteiger partial charge in [0.15, 0.2) is 0 Å². The van der Waals surface area contributed by atoms with Crippen molar-refractivity contribution >= 4 is 22.5 Å². The summed E-state index contributed by atoms with van der Waals surface area (Å²) in [6, 6.07) is 19.9. The van der Waals surface area contributed by atoms with Crippen LogP contribution in [-0.4, -0.2) is 16.9 Å². The van der Waals surface area contributed by atoms with Gasteiger partial charge in [-0.2, -0.15) is 0 Å². The minimum absolute atomic E-state index is 0.0248. The molecular weight excluding hydrogens is 272 g/mol. The lowest BCUT2D eigenvalue weighted by Gasteiger charge is -2.22. The summed E-state index contributed by atoms with van der Waals surface area (Å²) in [6.45, 7) is 2.08. The Hall–Kier alpha value is -2.68. The van der Waals surface area contributed by atoms with Crippen molar-refractivity contribution in [1.82, 2.24) is 4.98 Å². The molecule has 108 valence electrons. The van der Waals surface area contributed by atoms with Gasteiger partial charge in [0.1, 0.15) is 5.69 Å². The number of rotatable bonds is 1. The lowest BCUT2D eigenvalue weighted by molar-refractivity contribution is 0.0977. The second kappa shape index (κ2) is 4.95. The Labute approximate surface area is 129 Å². The van der Waals surface area contributed by atoms with Gasteiger partial charge in [0, 0.05) is 17.1 Å². The molecule has 2 aromatic carbocycles. The van der Waals surface area contributed by atoms with E-state index in [0.717, 1.165) is 23.0 Å². The number of hydrogen-bond acceptors (Lipinski definition) is 2. The molecule has 1 aliphatic rings. The lowest BCUT2D eigenvalue weighted by Crippen LogP contribution is -2.36. The molecule has 0 aliphatic carbocycles. The summed E-state index contributed by atoms with van der Waals surface area (Å²) < 4.78 is 0. The van der Waals surface area contributed by atoms with Crippen LogP contribution >= 0.6 is 0 Å². The fraction of sp³-hybridized carbons (Fsp3) is 0.158. The number of carbonyl (C=O) groups is 1. The van der Waals surface area contributed by atoms with E-state index in [-0.39, 0.29) is 11.9 Å². The van der Waals surface area contributed by atoms with Crippen LogP contribution in [0, 0.1) is 0 Å². The van der Waals surface area contributed by atoms with Crippen molar-refractivity contribution in [3.63, 3.8) is 0 Å². The number of pyridine rings is 1. The van der Waals surface area contributed by atoms with Gasteiger partial charge < -0.3 is 4.90 Å². The first-order chi connectivity index (χ1) is 10.7. The molecule has 0 saturated heterocycles. The van der Waals surface area contributed by atoms with Crippen LogP contribution in [0.5, 0.6) is 0 Å². The molecule has 0 radical (unpaired) electrons. The Kier molecular flexibility index (Phi) is 2.93. The molecule has 3 heteroatoms. The molecule has 22 heavy (non-hydrogen) atoms. The molecule has 0 N–H and O–H groups in total. The van der Waals surface area contributed by atoms with Crippen LogP contribution < -0.4 is 4.90 Å². The molecule has 2 heterocycles. The number of para-hydroxylation sites is 2. The standard InChI is InChI=1S/C19H16N2O/c1-13-12-15-7-3-5-9-18(15)21(13)19(22)17-11-10-14-6-2-4-8-16(14)20-17/h2-11,13H,12H2,1H3. The van der Waals surface area contributed by atoms with E-state index in [2.05, 4.69) is 18.0 Å². The Morgan fingerprint density at radius 3 is 2.73 bits per heavy atom. The molecule has 4 rings (SSSR count). The predicted molar refractivity (Wildman–Crippen MR) is 88.2 cm³/mol. The minimum Gasteiger partial charge on any atom is -0.304 e. The summed E-state index contributed by atoms with van der Waals surface area (Å²) in [4.78, 5) is 19.3. The summed E-state index contributed by atoms with van der Waals surface area (Å²) in [5.74, 6) is -0.0248. The maximum atomic E-state index is 12.9. The van der Waals surface area contributed by atoms with E-state index in [9.17, 15) is 4.79 Å². The van der Waals surface area contributed by atoms with Crippen LogP contribution in [0.15, 0.2) is 60.7 Å². The van der Waals surface area contributed by atoms with E-state index < -0.39 is 0 Å². The topological polar surface area (TPSA) is 33.2 Å². The van der Waals surface area contributed by atoms with Crippen LogP contribution in [-0.2, 0) is 6.42 Å². The molecule has 1 aromatic heterocycles. The summed E-state index contributed by atoms with van der Waals surface area (Å²) in [6.07, 6.45) is 0.898. The van der Waals surface area contributed by atoms with Crippen molar-refractivity contribution < 1.29 is 4.79 Å². The fourth-order valence-electron chi connectivity index (χ4n) is 3.18. The van der Waals surface area contributed by atoms with Crippen LogP contribution in [0.3, 0.4) is 0 Å². The molecule has 3 nitrogen and oxygen atoms in total. The second-order valence-electron chi connectivity index (χ2n) is 5.75. The lowest BCUT2D eigenvalue weighted by atomic mass is 10.1. The van der Waals surface area contributed by atoms with E-state index in [1.54, 1.807) is 0 Å². The molecule has 1 unspecified atom stereocenters. The monoisotopic (exact) mass is 288 g/mol. The van der Waals surface area contributed by atoms with Crippen molar-refractivity contribution in [2.45, 2.75) is 19.4 Å². The number of hydrogen-bond donors (Lipinski definition) is 0. The maximum absolute atomic E-state index is 12.9. The number of fused-ring (bicyclic) bond motifs is 2. The van der Waals surface area contributed by atoms with Crippen molar-refractivity contribution in [2.75, 3.05) is 4.90 Å². The second-order valence-corrected chi connectivity index (χ2v) is 5.75. The zero-order valence-electron chi connectivity index (χ0n) is 12.4. The first-order valence-corrected chi connectivity index (χ1v) is 7.51. The molecular formula is C19H16N2O. The number of aromatic nitrogens is 1. The molecule has 1 amide bonds. The first-order valence-electron chi connectivity index (χ1n) is 7.51. The number of carbonyl (C=O) groups excluding carboxylic acids is 1. The highest BCUT2D eigenvalue weighted by molar-refractivity contribution is 6.07. The van der Waals surface area contributed by atoms with Gasteiger partial charge in [-0.05, 0) is 37.1 Å². The average molecular weight is 288 g/mol. The smallest absolute Gasteiger partial charge is 0.277 e. The van der Waals surface area contributed by atoms with Crippen molar-refractivity contribution in [3.8, 4) is 0 Å². The van der Waals surface area contributed by atoms with Gasteiger partial charge in [0.05, 0.1) is 5.52 Å². The van der Waals surface area contributed by atoms with Crippen LogP contribution in [0.4, 0.5) is 5.69 Å². The normalized spacial score (nSPS) is 16.8. The molecule has 0 bridgehead atoms. The summed E-state index contributed by atoms with van der Waals surface area (Å²) in [5, 5.41) is 1.05. The molecule has 1 aliphatic heterocycles. The highest BCUT2D eigenvalue weighted by Gasteiger charge is 2.31. The van der Waals surface area contributed by atoms with Gasteiger partial charge in [-0.25, -0.2) is 4.98 Å². The van der Waals surface area contributed by atoms with Crippen molar-refractivity contribution in [1.29, 1.82) is 0 Å². The average Bonchev–Trinajstić information content (AvgIpc) is 2.89. The first kappa shape index (κ1) is 13.0. The number of benzene rings is 2. The van der Waals surface area contributed by atoms with Crippen molar-refractivity contribution in [3.05, 3.63) is 71.9 Å². The van der Waals surface area contributed by atoms with E-state index >= 15 is 0 Å². The minimum atomic E-state index is -0.0248. The number of anilines is 1. The Bertz CT molecular complexity index is 872. The fourth-order valence-corrected chi connectivity index (χ4v) is 3.18. The van der Waals surface area contributed by atoms with Gasteiger partial charge in [-0.15, -0.1) is 0 Å². The third-order valence-corrected chi connectivity index (χ3v) is 4.24. The summed E-state index contributed by atoms with van der Waals surface area (Å²) in [5.41, 5.74) is 3.59. The van der Waals surface area contributed by atoms with E-state index in [4.69, 9.17) is 0 Å². The van der Waals surface area contributed by atoms with Gasteiger partial charge >= 0.3 is 0 Å². The Morgan fingerprint density at radius 1 is 1.05 bits per heavy atom.